The van der Waals surface area contributed by atoms with E-state index in [0.717, 1.165) is 11.3 Å². The number of nitrogens with two attached hydrogens (primary N) is 1. The second-order valence-corrected chi connectivity index (χ2v) is 7.14. The Hall–Kier alpha value is -1.91. The molecule has 11 heteroatoms. The second kappa shape index (κ2) is 5.84. The summed E-state index contributed by atoms with van der Waals surface area (Å²) >= 11 is 6.49. The molecule has 1 heterocycles. The molecule has 0 spiro atoms. The lowest BCUT2D eigenvalue weighted by molar-refractivity contribution is -0.114. The minimum absolute atomic E-state index is 0.0958. The van der Waals surface area contributed by atoms with Crippen molar-refractivity contribution in [3.05, 3.63) is 23.2 Å². The summed E-state index contributed by atoms with van der Waals surface area (Å²) in [5, 5.41) is 9.86. The van der Waals surface area contributed by atoms with E-state index in [1.807, 2.05) is 0 Å². The molecule has 2 rings (SSSR count). The highest BCUT2D eigenvalue weighted by molar-refractivity contribution is 7.94. The summed E-state index contributed by atoms with van der Waals surface area (Å²) in [6, 6.07) is 4.32. The minimum Gasteiger partial charge on any atom is -0.397 e. The van der Waals surface area contributed by atoms with Gasteiger partial charge in [-0.05, 0) is 18.2 Å². The number of carbonyl (C=O) groups is 1. The highest BCUT2D eigenvalue weighted by Crippen LogP contribution is 2.26. The molecule has 0 bridgehead atoms. The first-order valence-corrected chi connectivity index (χ1v) is 8.14. The molecule has 0 fully saturated rings. The van der Waals surface area contributed by atoms with Gasteiger partial charge in [0.1, 0.15) is 0 Å². The van der Waals surface area contributed by atoms with E-state index in [2.05, 4.69) is 20.2 Å². The van der Waals surface area contributed by atoms with Crippen LogP contribution in [0.15, 0.2) is 22.5 Å². The first kappa shape index (κ1) is 15.5. The number of halogens is 1. The van der Waals surface area contributed by atoms with Crippen molar-refractivity contribution in [3.63, 3.8) is 0 Å². The van der Waals surface area contributed by atoms with Crippen LogP contribution in [-0.2, 0) is 14.8 Å². The third-order valence-corrected chi connectivity index (χ3v) is 5.10. The minimum atomic E-state index is -3.91. The van der Waals surface area contributed by atoms with Gasteiger partial charge in [0.15, 0.2) is 0 Å². The zero-order valence-electron chi connectivity index (χ0n) is 10.6. The van der Waals surface area contributed by atoms with Crippen molar-refractivity contribution in [1.82, 2.24) is 10.2 Å². The average molecular weight is 348 g/mol. The first-order chi connectivity index (χ1) is 9.78. The van der Waals surface area contributed by atoms with Crippen LogP contribution in [0.25, 0.3) is 0 Å². The number of anilines is 3. The maximum absolute atomic E-state index is 12.1. The zero-order chi connectivity index (χ0) is 15.6. The molecule has 0 aliphatic heterocycles. The van der Waals surface area contributed by atoms with E-state index in [1.54, 1.807) is 0 Å². The molecular weight excluding hydrogens is 338 g/mol. The number of nitrogens with zero attached hydrogens (tertiary/aromatic N) is 2. The summed E-state index contributed by atoms with van der Waals surface area (Å²) in [6.07, 6.45) is 0. The highest BCUT2D eigenvalue weighted by atomic mass is 35.5. The predicted octanol–water partition coefficient (Wildman–Crippen LogP) is 1.53. The number of hydrogen-bond acceptors (Lipinski definition) is 7. The molecule has 1 aromatic heterocycles. The molecule has 1 amide bonds. The van der Waals surface area contributed by atoms with Gasteiger partial charge in [-0.1, -0.05) is 22.9 Å². The van der Waals surface area contributed by atoms with Gasteiger partial charge in [0.05, 0.1) is 16.4 Å². The lowest BCUT2D eigenvalue weighted by Gasteiger charge is -2.06. The average Bonchev–Trinajstić information content (AvgIpc) is 2.82. The number of aromatic nitrogens is 2. The fourth-order valence-corrected chi connectivity index (χ4v) is 3.44. The molecule has 0 atom stereocenters. The summed E-state index contributed by atoms with van der Waals surface area (Å²) in [7, 11) is -3.91. The summed E-state index contributed by atoms with van der Waals surface area (Å²) in [5.41, 5.74) is 6.08. The Balaban J connectivity index is 2.23. The number of rotatable bonds is 4. The van der Waals surface area contributed by atoms with Gasteiger partial charge < -0.3 is 11.1 Å². The maximum atomic E-state index is 12.1. The van der Waals surface area contributed by atoms with E-state index in [-0.39, 0.29) is 26.8 Å². The first-order valence-electron chi connectivity index (χ1n) is 5.47. The third-order valence-electron chi connectivity index (χ3n) is 2.17. The Kier molecular flexibility index (Phi) is 4.30. The summed E-state index contributed by atoms with van der Waals surface area (Å²) < 4.78 is 26.2. The van der Waals surface area contributed by atoms with Crippen molar-refractivity contribution < 1.29 is 13.2 Å². The largest absolute Gasteiger partial charge is 0.397 e. The van der Waals surface area contributed by atoms with Crippen molar-refractivity contribution in [1.29, 1.82) is 0 Å². The van der Waals surface area contributed by atoms with Crippen molar-refractivity contribution >= 4 is 55.4 Å². The Morgan fingerprint density at radius 3 is 2.71 bits per heavy atom. The standard InChI is InChI=1S/C10H10ClN5O3S2/c1-5(17)13-9-14-15-10(20-9)21(18,19)16-6-2-3-7(11)8(12)4-6/h2-4,16H,12H2,1H3,(H,13,14,17). The van der Waals surface area contributed by atoms with Crippen LogP contribution in [0.2, 0.25) is 5.02 Å². The van der Waals surface area contributed by atoms with Gasteiger partial charge in [0, 0.05) is 6.92 Å². The van der Waals surface area contributed by atoms with Gasteiger partial charge in [-0.3, -0.25) is 9.52 Å². The van der Waals surface area contributed by atoms with E-state index < -0.39 is 10.0 Å². The van der Waals surface area contributed by atoms with Gasteiger partial charge in [-0.25, -0.2) is 0 Å². The van der Waals surface area contributed by atoms with Gasteiger partial charge in [0.2, 0.25) is 11.0 Å². The topological polar surface area (TPSA) is 127 Å². The fourth-order valence-electron chi connectivity index (χ4n) is 1.33. The van der Waals surface area contributed by atoms with E-state index in [9.17, 15) is 13.2 Å². The van der Waals surface area contributed by atoms with E-state index in [1.165, 1.54) is 25.1 Å². The van der Waals surface area contributed by atoms with Crippen molar-refractivity contribution in [2.75, 3.05) is 15.8 Å². The third kappa shape index (κ3) is 3.80. The number of carbonyl (C=O) groups excluding carboxylic acids is 1. The van der Waals surface area contributed by atoms with Crippen molar-refractivity contribution in [2.24, 2.45) is 0 Å². The monoisotopic (exact) mass is 347 g/mol. The quantitative estimate of drug-likeness (QED) is 0.568. The van der Waals surface area contributed by atoms with Crippen molar-refractivity contribution in [2.45, 2.75) is 11.3 Å². The van der Waals surface area contributed by atoms with Crippen LogP contribution in [0.3, 0.4) is 0 Å². The Morgan fingerprint density at radius 1 is 1.38 bits per heavy atom. The number of sulfonamides is 1. The van der Waals surface area contributed by atoms with Gasteiger partial charge in [-0.2, -0.15) is 8.42 Å². The Labute approximate surface area is 129 Å². The van der Waals surface area contributed by atoms with Crippen LogP contribution < -0.4 is 15.8 Å². The van der Waals surface area contributed by atoms with Crippen LogP contribution in [0, 0.1) is 0 Å². The van der Waals surface area contributed by atoms with Crippen LogP contribution in [0.5, 0.6) is 0 Å². The molecule has 0 radical (unpaired) electrons. The second-order valence-electron chi connectivity index (χ2n) is 3.90. The number of nitrogen functional groups attached to an aromatic ring is 1. The van der Waals surface area contributed by atoms with Crippen molar-refractivity contribution in [3.8, 4) is 0 Å². The zero-order valence-corrected chi connectivity index (χ0v) is 13.0. The van der Waals surface area contributed by atoms with E-state index >= 15 is 0 Å². The summed E-state index contributed by atoms with van der Waals surface area (Å²) in [5.74, 6) is -0.367. The molecule has 0 aliphatic carbocycles. The highest BCUT2D eigenvalue weighted by Gasteiger charge is 2.21. The van der Waals surface area contributed by atoms with E-state index in [0.29, 0.717) is 5.02 Å². The summed E-state index contributed by atoms with van der Waals surface area (Å²) in [6.45, 7) is 1.28. The number of nitrogens with one attached hydrogen (secondary N) is 2. The molecule has 0 aliphatic rings. The number of hydrogen-bond donors (Lipinski definition) is 3. The van der Waals surface area contributed by atoms with Crippen LogP contribution in [0.4, 0.5) is 16.5 Å². The molecule has 4 N–H and O–H groups in total. The molecule has 8 nitrogen and oxygen atoms in total. The number of benzene rings is 1. The number of amides is 1. The Bertz CT molecular complexity index is 790. The fraction of sp³-hybridized carbons (Fsp3) is 0.100. The lowest BCUT2D eigenvalue weighted by Crippen LogP contribution is -2.12. The maximum Gasteiger partial charge on any atom is 0.291 e. The Morgan fingerprint density at radius 2 is 2.10 bits per heavy atom. The van der Waals surface area contributed by atoms with Crippen LogP contribution in [0.1, 0.15) is 6.92 Å². The molecule has 21 heavy (non-hydrogen) atoms. The molecule has 0 saturated carbocycles. The molecular formula is C10H10ClN5O3S2. The molecule has 112 valence electrons. The smallest absolute Gasteiger partial charge is 0.291 e. The molecule has 0 saturated heterocycles. The normalized spacial score (nSPS) is 11.1. The summed E-state index contributed by atoms with van der Waals surface area (Å²) in [4.78, 5) is 10.9. The lowest BCUT2D eigenvalue weighted by atomic mass is 10.3. The molecule has 1 aromatic carbocycles. The SMILES string of the molecule is CC(=O)Nc1nnc(S(=O)(=O)Nc2ccc(Cl)c(N)c2)s1. The molecule has 0 unspecified atom stereocenters. The van der Waals surface area contributed by atoms with Gasteiger partial charge in [0.25, 0.3) is 14.4 Å². The van der Waals surface area contributed by atoms with Crippen LogP contribution >= 0.6 is 22.9 Å². The molecule has 2 aromatic rings. The van der Waals surface area contributed by atoms with Crippen LogP contribution in [-0.4, -0.2) is 24.5 Å². The van der Waals surface area contributed by atoms with Gasteiger partial charge in [-0.15, -0.1) is 10.2 Å². The van der Waals surface area contributed by atoms with E-state index in [4.69, 9.17) is 17.3 Å². The van der Waals surface area contributed by atoms with Gasteiger partial charge >= 0.3 is 0 Å². The predicted molar refractivity (Wildman–Crippen MR) is 80.9 cm³/mol.